The van der Waals surface area contributed by atoms with Crippen LogP contribution < -0.4 is 4.89 Å². The van der Waals surface area contributed by atoms with Crippen molar-refractivity contribution in [3.8, 4) is 0 Å². The van der Waals surface area contributed by atoms with Crippen LogP contribution in [0.4, 0.5) is 0 Å². The number of phosphoric ester groups is 1. The molecule has 0 saturated carbocycles. The molecule has 60 heavy (non-hydrogen) atoms. The van der Waals surface area contributed by atoms with Crippen molar-refractivity contribution in [1.29, 1.82) is 0 Å². The Balaban J connectivity index is 4.70. The van der Waals surface area contributed by atoms with Gasteiger partial charge in [0.05, 0.1) is 40.0 Å². The van der Waals surface area contributed by atoms with Gasteiger partial charge in [-0.25, -0.2) is 0 Å². The zero-order valence-corrected chi connectivity index (χ0v) is 38.0. The predicted octanol–water partition coefficient (Wildman–Crippen LogP) is 9.43. The summed E-state index contributed by atoms with van der Waals surface area (Å²) in [6, 6.07) is 0. The summed E-state index contributed by atoms with van der Waals surface area (Å²) in [7, 11) is 1.01. The Kier molecular flexibility index (Phi) is 35.9. The highest BCUT2D eigenvalue weighted by Crippen LogP contribution is 2.38. The summed E-state index contributed by atoms with van der Waals surface area (Å²) < 4.78 is 33.6. The molecule has 0 aliphatic heterocycles. The molecule has 0 radical (unpaired) electrons. The number of quaternary nitrogens is 1. The molecule has 338 valence electrons. The van der Waals surface area contributed by atoms with Crippen LogP contribution in [0.25, 0.3) is 0 Å². The number of hydrogen-bond acceptors (Lipinski definition) is 10. The lowest BCUT2D eigenvalue weighted by Crippen LogP contribution is -2.37. The summed E-state index contributed by atoms with van der Waals surface area (Å²) in [4.78, 5) is 37.5. The van der Waals surface area contributed by atoms with Crippen LogP contribution in [0.5, 0.6) is 0 Å². The SMILES string of the molecule is CC/C=C\C/C=C\C/C=C\C/C=C\CCCCC(=O)O[C@H](COC(=O)CC/C=C\C/C=C\C[C@H](O)/C=C/C=C\C=C\[C@H](O)C/C=C\CC)COP(=O)([O-])OCC[N+](C)(C)C. The first kappa shape index (κ1) is 56.3. The van der Waals surface area contributed by atoms with Crippen molar-refractivity contribution in [2.75, 3.05) is 47.5 Å². The van der Waals surface area contributed by atoms with Gasteiger partial charge in [-0.1, -0.05) is 135 Å². The van der Waals surface area contributed by atoms with Gasteiger partial charge in [0.15, 0.2) is 6.10 Å². The molecule has 0 spiro atoms. The van der Waals surface area contributed by atoms with Crippen LogP contribution in [0.15, 0.2) is 122 Å². The minimum atomic E-state index is -4.69. The van der Waals surface area contributed by atoms with Crippen LogP contribution in [0, 0.1) is 0 Å². The number of esters is 2. The van der Waals surface area contributed by atoms with Crippen molar-refractivity contribution in [3.05, 3.63) is 122 Å². The lowest BCUT2D eigenvalue weighted by Gasteiger charge is -2.28. The quantitative estimate of drug-likeness (QED) is 0.0156. The molecule has 0 aliphatic rings. The van der Waals surface area contributed by atoms with Gasteiger partial charge in [-0.15, -0.1) is 0 Å². The van der Waals surface area contributed by atoms with Gasteiger partial charge in [0.25, 0.3) is 7.82 Å². The van der Waals surface area contributed by atoms with Gasteiger partial charge in [-0.05, 0) is 77.0 Å². The first-order chi connectivity index (χ1) is 28.8. The molecule has 4 atom stereocenters. The highest BCUT2D eigenvalue weighted by atomic mass is 31.2. The van der Waals surface area contributed by atoms with Crippen LogP contribution in [-0.2, 0) is 32.7 Å². The van der Waals surface area contributed by atoms with Gasteiger partial charge >= 0.3 is 11.9 Å². The number of phosphoric acid groups is 1. The fraction of sp³-hybridized carbons (Fsp3) is 0.542. The van der Waals surface area contributed by atoms with E-state index in [1.807, 2.05) is 64.5 Å². The fourth-order valence-corrected chi connectivity index (χ4v) is 5.51. The highest BCUT2D eigenvalue weighted by Gasteiger charge is 2.21. The average molecular weight is 858 g/mol. The molecule has 0 saturated heterocycles. The lowest BCUT2D eigenvalue weighted by molar-refractivity contribution is -0.870. The van der Waals surface area contributed by atoms with Crippen molar-refractivity contribution >= 4 is 19.8 Å². The minimum absolute atomic E-state index is 0.0761. The average Bonchev–Trinajstić information content (AvgIpc) is 3.19. The van der Waals surface area contributed by atoms with E-state index in [0.29, 0.717) is 43.1 Å². The maximum Gasteiger partial charge on any atom is 0.306 e. The topological polar surface area (TPSA) is 152 Å². The third kappa shape index (κ3) is 41.1. The molecule has 0 aliphatic carbocycles. The number of aliphatic hydroxyl groups excluding tert-OH is 2. The number of ether oxygens (including phenoxy) is 2. The second-order valence-electron chi connectivity index (χ2n) is 15.0. The summed E-state index contributed by atoms with van der Waals surface area (Å²) in [5, 5.41) is 20.0. The number of nitrogens with zero attached hydrogens (tertiary/aromatic N) is 1. The second-order valence-corrected chi connectivity index (χ2v) is 16.4. The number of allylic oxidation sites excluding steroid dienone is 16. The smallest absolute Gasteiger partial charge is 0.306 e. The van der Waals surface area contributed by atoms with Crippen LogP contribution in [0.3, 0.4) is 0 Å². The predicted molar refractivity (Wildman–Crippen MR) is 243 cm³/mol. The van der Waals surface area contributed by atoms with Crippen LogP contribution in [0.2, 0.25) is 0 Å². The van der Waals surface area contributed by atoms with E-state index in [4.69, 9.17) is 18.5 Å². The Bertz CT molecular complexity index is 1470. The number of unbranched alkanes of at least 4 members (excludes halogenated alkanes) is 2. The van der Waals surface area contributed by atoms with Crippen molar-refractivity contribution in [2.24, 2.45) is 0 Å². The minimum Gasteiger partial charge on any atom is -0.756 e. The maximum atomic E-state index is 12.6. The fourth-order valence-electron chi connectivity index (χ4n) is 4.78. The Morgan fingerprint density at radius 2 is 1.12 bits per heavy atom. The van der Waals surface area contributed by atoms with Gasteiger partial charge in [-0.3, -0.25) is 14.2 Å². The number of aliphatic hydroxyl groups is 2. The summed E-state index contributed by atoms with van der Waals surface area (Å²) in [5.41, 5.74) is 0. The van der Waals surface area contributed by atoms with Crippen molar-refractivity contribution in [2.45, 2.75) is 122 Å². The summed E-state index contributed by atoms with van der Waals surface area (Å²) in [6.07, 6.45) is 46.0. The number of carbonyl (C=O) groups excluding carboxylic acids is 2. The number of hydrogen-bond donors (Lipinski definition) is 2. The highest BCUT2D eigenvalue weighted by molar-refractivity contribution is 7.45. The van der Waals surface area contributed by atoms with Crippen molar-refractivity contribution in [1.82, 2.24) is 0 Å². The third-order valence-electron chi connectivity index (χ3n) is 8.16. The van der Waals surface area contributed by atoms with Gasteiger partial charge in [0.1, 0.15) is 19.8 Å². The molecule has 0 rings (SSSR count). The Morgan fingerprint density at radius 1 is 0.617 bits per heavy atom. The summed E-state index contributed by atoms with van der Waals surface area (Å²) in [6.45, 7) is 3.62. The zero-order valence-electron chi connectivity index (χ0n) is 37.1. The molecule has 1 unspecified atom stereocenters. The van der Waals surface area contributed by atoms with Gasteiger partial charge in [0, 0.05) is 12.8 Å². The van der Waals surface area contributed by atoms with E-state index in [0.717, 1.165) is 44.9 Å². The largest absolute Gasteiger partial charge is 0.756 e. The van der Waals surface area contributed by atoms with E-state index in [1.165, 1.54) is 0 Å². The molecule has 0 bridgehead atoms. The molecule has 0 aromatic heterocycles. The summed E-state index contributed by atoms with van der Waals surface area (Å²) in [5.74, 6) is -1.07. The van der Waals surface area contributed by atoms with E-state index in [-0.39, 0.29) is 26.1 Å². The first-order valence-electron chi connectivity index (χ1n) is 21.5. The monoisotopic (exact) mass is 858 g/mol. The van der Waals surface area contributed by atoms with E-state index >= 15 is 0 Å². The second kappa shape index (κ2) is 38.3. The van der Waals surface area contributed by atoms with Gasteiger partial charge < -0.3 is 38.1 Å². The van der Waals surface area contributed by atoms with E-state index in [2.05, 4.69) is 55.5 Å². The molecule has 0 aromatic carbocycles. The van der Waals surface area contributed by atoms with Crippen LogP contribution >= 0.6 is 7.82 Å². The Labute approximate surface area is 362 Å². The van der Waals surface area contributed by atoms with E-state index < -0.39 is 44.7 Å². The number of likely N-dealkylation sites (N-methyl/N-ethyl adjacent to an activating group) is 1. The molecular weight excluding hydrogens is 781 g/mol. The van der Waals surface area contributed by atoms with Gasteiger partial charge in [-0.2, -0.15) is 0 Å². The first-order valence-corrected chi connectivity index (χ1v) is 22.9. The Hall–Kier alpha value is -3.67. The van der Waals surface area contributed by atoms with Crippen LogP contribution in [-0.4, -0.2) is 92.5 Å². The molecule has 0 fully saturated rings. The normalized spacial score (nSPS) is 15.8. The molecule has 0 aromatic rings. The molecule has 2 N–H and O–H groups in total. The molecule has 12 heteroatoms. The molecule has 11 nitrogen and oxygen atoms in total. The number of carbonyl (C=O) groups is 2. The lowest BCUT2D eigenvalue weighted by atomic mass is 10.2. The molecule has 0 amide bonds. The number of rotatable bonds is 36. The van der Waals surface area contributed by atoms with Crippen molar-refractivity contribution < 1.29 is 52.3 Å². The Morgan fingerprint density at radius 3 is 1.68 bits per heavy atom. The van der Waals surface area contributed by atoms with E-state index in [1.54, 1.807) is 36.5 Å². The standard InChI is InChI=1S/C48H76NO10P/c1-6-8-10-11-12-13-14-15-16-17-18-19-20-25-33-39-48(53)59-46(43-58-60(54,55)57-41-40-49(3,4)5)42-56-47(52)38-32-24-22-21-23-29-35-45(51)37-31-27-26-30-36-44(50)34-28-9-7-2/h8-10,12-13,15-16,18-19,22-24,26-31,36-37,44-46,50-51H,6-7,11,14,17,20-21,25,32-35,38-43H2,1-5H3/b10-8-,13-12-,16-15-,19-18-,24-22-,27-26-,28-9-,29-23-,36-30+,37-31+/t44-,45+,46-/m1/s1. The van der Waals surface area contributed by atoms with Crippen LogP contribution in [0.1, 0.15) is 104 Å². The summed E-state index contributed by atoms with van der Waals surface area (Å²) >= 11 is 0. The zero-order chi connectivity index (χ0) is 44.6. The molecular formula is C48H76NO10P. The molecule has 0 heterocycles. The third-order valence-corrected chi connectivity index (χ3v) is 9.12. The van der Waals surface area contributed by atoms with Crippen molar-refractivity contribution in [3.63, 3.8) is 0 Å². The van der Waals surface area contributed by atoms with E-state index in [9.17, 15) is 29.3 Å². The van der Waals surface area contributed by atoms with Gasteiger partial charge in [0.2, 0.25) is 0 Å². The maximum absolute atomic E-state index is 12.6.